The molecule has 1 aliphatic rings. The van der Waals surface area contributed by atoms with Gasteiger partial charge in [-0.3, -0.25) is 0 Å². The molecule has 0 saturated carbocycles. The molecule has 0 unspecified atom stereocenters. The van der Waals surface area contributed by atoms with Gasteiger partial charge in [0.2, 0.25) is 0 Å². The molecule has 3 heterocycles. The van der Waals surface area contributed by atoms with Crippen LogP contribution in [0.4, 0.5) is 22.7 Å². The molecule has 0 bridgehead atoms. The normalized spacial score (nSPS) is 14.5. The van der Waals surface area contributed by atoms with Gasteiger partial charge in [0.25, 0.3) is 0 Å². The standard InChI is InChI=1S/C61H57N4O.Pt/c1-7-9-12-21-43-30-31-54-53(36-43)59-46(20-8-2)37-50(40-57(59)65(54)58-38-47(32-33-62-58)61(4,5)6)66-49-27-19-26-48(39-49)63-41-64(56-29-18-17-28-55(56)63)60-51(44-22-13-10-14-23-44)34-42(3)35-52(60)45-24-15-11-16-25-45;/h10-11,13-19,22-38,41H,7-9,12,20-21H2,1-6H3;/q-3;/i10D,11D,13D,14D,15D,16D,22D,23D,24D,25D;. The molecule has 0 fully saturated rings. The van der Waals surface area contributed by atoms with Crippen LogP contribution in [0.25, 0.3) is 49.9 Å². The molecular weight excluding hydrogens is 1000 g/mol. The fourth-order valence-electron chi connectivity index (χ4n) is 9.09. The number of benzene rings is 7. The number of unbranched alkanes of at least 4 members (excludes halogenated alkanes) is 2. The van der Waals surface area contributed by atoms with Crippen LogP contribution in [0.1, 0.15) is 96.3 Å². The first-order chi connectivity index (χ1) is 36.3. The quantitative estimate of drug-likeness (QED) is 0.0851. The number of aryl methyl sites for hydroxylation is 3. The first kappa shape index (κ1) is 34.8. The van der Waals surface area contributed by atoms with E-state index in [-0.39, 0.29) is 54.4 Å². The van der Waals surface area contributed by atoms with Crippen LogP contribution in [0.5, 0.6) is 11.5 Å². The average molecular weight is 1070 g/mol. The second kappa shape index (κ2) is 19.4. The zero-order valence-electron chi connectivity index (χ0n) is 48.6. The average Bonchev–Trinajstić information content (AvgIpc) is 4.12. The molecule has 0 saturated heterocycles. The summed E-state index contributed by atoms with van der Waals surface area (Å²) in [6.07, 6.45) is 8.01. The summed E-state index contributed by atoms with van der Waals surface area (Å²) in [7, 11) is 0. The van der Waals surface area contributed by atoms with Crippen LogP contribution in [-0.4, -0.2) is 9.55 Å². The fourth-order valence-corrected chi connectivity index (χ4v) is 9.09. The molecule has 9 aromatic rings. The zero-order valence-corrected chi connectivity index (χ0v) is 40.8. The minimum atomic E-state index is -0.558. The topological polar surface area (TPSA) is 33.5 Å². The third-order valence-corrected chi connectivity index (χ3v) is 12.2. The van der Waals surface area contributed by atoms with Crippen molar-refractivity contribution < 1.29 is 39.5 Å². The van der Waals surface area contributed by atoms with Gasteiger partial charge in [0.05, 0.1) is 13.7 Å². The van der Waals surface area contributed by atoms with Crippen LogP contribution in [-0.2, 0) is 39.3 Å². The summed E-state index contributed by atoms with van der Waals surface area (Å²) in [5.41, 5.74) is 8.20. The molecule has 0 radical (unpaired) electrons. The van der Waals surface area contributed by atoms with E-state index in [1.165, 1.54) is 12.0 Å². The number of para-hydroxylation sites is 2. The Balaban J connectivity index is 0.00000722. The molecular formula is C61H57N4OPt-3. The number of aromatic nitrogens is 2. The Morgan fingerprint density at radius 3 is 2.07 bits per heavy atom. The molecule has 340 valence electrons. The molecule has 5 nitrogen and oxygen atoms in total. The van der Waals surface area contributed by atoms with Gasteiger partial charge >= 0.3 is 0 Å². The zero-order chi connectivity index (χ0) is 54.1. The predicted octanol–water partition coefficient (Wildman–Crippen LogP) is 16.6. The molecule has 2 aromatic heterocycles. The monoisotopic (exact) mass is 1070 g/mol. The van der Waals surface area contributed by atoms with Crippen molar-refractivity contribution in [3.8, 4) is 39.6 Å². The predicted molar refractivity (Wildman–Crippen MR) is 276 cm³/mol. The van der Waals surface area contributed by atoms with Gasteiger partial charge in [0.15, 0.2) is 0 Å². The Kier molecular flexibility index (Phi) is 10.1. The molecule has 0 N–H and O–H groups in total. The van der Waals surface area contributed by atoms with Gasteiger partial charge in [0, 0.05) is 72.5 Å². The van der Waals surface area contributed by atoms with E-state index in [1.54, 1.807) is 30.6 Å². The van der Waals surface area contributed by atoms with Gasteiger partial charge in [-0.15, -0.1) is 48.3 Å². The first-order valence-corrected chi connectivity index (χ1v) is 22.8. The number of hydrogen-bond donors (Lipinski definition) is 0. The summed E-state index contributed by atoms with van der Waals surface area (Å²) >= 11 is 0. The van der Waals surface area contributed by atoms with Crippen molar-refractivity contribution in [2.75, 3.05) is 9.80 Å². The van der Waals surface area contributed by atoms with Crippen molar-refractivity contribution in [3.63, 3.8) is 0 Å². The first-order valence-electron chi connectivity index (χ1n) is 27.8. The van der Waals surface area contributed by atoms with Gasteiger partial charge in [-0.25, -0.2) is 4.98 Å². The molecule has 7 aromatic carbocycles. The molecule has 1 aliphatic heterocycles. The second-order valence-electron chi connectivity index (χ2n) is 18.0. The Morgan fingerprint density at radius 1 is 0.701 bits per heavy atom. The third-order valence-electron chi connectivity index (χ3n) is 12.2. The second-order valence-corrected chi connectivity index (χ2v) is 18.0. The Hall–Kier alpha value is -6.42. The maximum absolute atomic E-state index is 9.14. The number of hydrogen-bond acceptors (Lipinski definition) is 4. The van der Waals surface area contributed by atoms with Crippen molar-refractivity contribution in [1.29, 1.82) is 0 Å². The number of fused-ring (bicyclic) bond motifs is 4. The maximum atomic E-state index is 9.14. The molecule has 0 spiro atoms. The van der Waals surface area contributed by atoms with E-state index in [0.717, 1.165) is 70.9 Å². The van der Waals surface area contributed by atoms with Crippen LogP contribution in [0.15, 0.2) is 158 Å². The minimum absolute atomic E-state index is 0. The van der Waals surface area contributed by atoms with Crippen LogP contribution >= 0.6 is 0 Å². The minimum Gasteiger partial charge on any atom is -0.509 e. The van der Waals surface area contributed by atoms with E-state index < -0.39 is 60.4 Å². The summed E-state index contributed by atoms with van der Waals surface area (Å²) in [4.78, 5) is 8.62. The van der Waals surface area contributed by atoms with Gasteiger partial charge in [0.1, 0.15) is 5.82 Å². The van der Waals surface area contributed by atoms with Crippen LogP contribution in [0.3, 0.4) is 0 Å². The van der Waals surface area contributed by atoms with Gasteiger partial charge < -0.3 is 19.1 Å². The van der Waals surface area contributed by atoms with Crippen molar-refractivity contribution >= 4 is 44.6 Å². The molecule has 0 amide bonds. The van der Waals surface area contributed by atoms with Crippen molar-refractivity contribution in [3.05, 3.63) is 199 Å². The SMILES string of the molecule is [2H]c1c([2H])c([2H])c(-c2cc(C)cc(-c3c([2H])c([2H])c([2H])c([2H])c3[2H])c2N2[CH-]N(c3[c-]c(Oc4[c-]c5c(c(CCC)c4)c4cc(CCCCC)ccc4n5-c4cc(C(C)(C)C)ccn4)ccc3)c3ccccc32)c([2H])c1[2H].[Pt]. The molecule has 6 heteroatoms. The summed E-state index contributed by atoms with van der Waals surface area (Å²) in [6.45, 7) is 14.5. The Morgan fingerprint density at radius 2 is 1.40 bits per heavy atom. The largest absolute Gasteiger partial charge is 0.509 e. The van der Waals surface area contributed by atoms with Gasteiger partial charge in [-0.2, -0.15) is 6.07 Å². The summed E-state index contributed by atoms with van der Waals surface area (Å²) in [5, 5.41) is 2.27. The summed E-state index contributed by atoms with van der Waals surface area (Å²) < 4.78 is 97.1. The Labute approximate surface area is 425 Å². The third kappa shape index (κ3) is 9.07. The number of rotatable bonds is 13. The smallest absolute Gasteiger partial charge is 0.135 e. The number of ether oxygens (including phenoxy) is 1. The van der Waals surface area contributed by atoms with Crippen LogP contribution in [0, 0.1) is 25.7 Å². The van der Waals surface area contributed by atoms with Crippen molar-refractivity contribution in [2.45, 2.75) is 85.5 Å². The summed E-state index contributed by atoms with van der Waals surface area (Å²) in [6, 6.07) is 31.7. The van der Waals surface area contributed by atoms with Crippen LogP contribution in [0.2, 0.25) is 0 Å². The molecule has 0 atom stereocenters. The van der Waals surface area contributed by atoms with E-state index in [0.29, 0.717) is 34.1 Å². The van der Waals surface area contributed by atoms with E-state index in [9.17, 15) is 0 Å². The van der Waals surface area contributed by atoms with Crippen molar-refractivity contribution in [2.24, 2.45) is 0 Å². The number of nitrogens with zero attached hydrogens (tertiary/aromatic N) is 4. The summed E-state index contributed by atoms with van der Waals surface area (Å²) in [5.74, 6) is 1.70. The van der Waals surface area contributed by atoms with Gasteiger partial charge in [-0.05, 0) is 101 Å². The van der Waals surface area contributed by atoms with E-state index in [1.807, 2.05) is 53.6 Å². The van der Waals surface area contributed by atoms with E-state index in [4.69, 9.17) is 23.4 Å². The van der Waals surface area contributed by atoms with Gasteiger partial charge in [-0.1, -0.05) is 156 Å². The molecule has 10 rings (SSSR count). The van der Waals surface area contributed by atoms with E-state index in [2.05, 4.69) is 87.7 Å². The molecule has 0 aliphatic carbocycles. The fraction of sp³-hybridized carbons (Fsp3) is 0.213. The van der Waals surface area contributed by atoms with E-state index >= 15 is 0 Å². The van der Waals surface area contributed by atoms with Crippen LogP contribution < -0.4 is 14.5 Å². The van der Waals surface area contributed by atoms with Crippen molar-refractivity contribution in [1.82, 2.24) is 9.55 Å². The molecule has 67 heavy (non-hydrogen) atoms. The Bertz CT molecular complexity index is 3650. The maximum Gasteiger partial charge on any atom is 0.135 e. The number of anilines is 4. The number of pyridine rings is 1.